The van der Waals surface area contributed by atoms with Gasteiger partial charge in [-0.3, -0.25) is 9.59 Å². The number of benzene rings is 2. The van der Waals surface area contributed by atoms with Gasteiger partial charge in [0.05, 0.1) is 26.0 Å². The van der Waals surface area contributed by atoms with Gasteiger partial charge in [-0.1, -0.05) is 6.07 Å². The largest absolute Gasteiger partial charge is 0.497 e. The molecule has 0 heterocycles. The highest BCUT2D eigenvalue weighted by Gasteiger charge is 2.30. The first-order chi connectivity index (χ1) is 13.2. The molecule has 0 saturated carbocycles. The Morgan fingerprint density at radius 1 is 1.04 bits per heavy atom. The van der Waals surface area contributed by atoms with Gasteiger partial charge in [-0.05, 0) is 36.4 Å². The van der Waals surface area contributed by atoms with E-state index < -0.39 is 23.6 Å². The minimum Gasteiger partial charge on any atom is -0.497 e. The molecule has 0 aliphatic rings. The number of halogens is 3. The van der Waals surface area contributed by atoms with E-state index in [2.05, 4.69) is 10.4 Å². The van der Waals surface area contributed by atoms with E-state index in [1.165, 1.54) is 26.5 Å². The predicted molar refractivity (Wildman–Crippen MR) is 95.4 cm³/mol. The molecule has 0 atom stereocenters. The van der Waals surface area contributed by atoms with Gasteiger partial charge in [0, 0.05) is 11.3 Å². The monoisotopic (exact) mass is 395 g/mol. The van der Waals surface area contributed by atoms with Gasteiger partial charge in [-0.2, -0.15) is 18.3 Å². The van der Waals surface area contributed by atoms with Gasteiger partial charge in [0.25, 0.3) is 0 Å². The third-order valence-electron chi connectivity index (χ3n) is 3.46. The van der Waals surface area contributed by atoms with Crippen LogP contribution in [0.3, 0.4) is 0 Å². The average Bonchev–Trinajstić information content (AvgIpc) is 2.67. The van der Waals surface area contributed by atoms with Crippen LogP contribution in [0.1, 0.15) is 11.1 Å². The molecule has 0 saturated heterocycles. The van der Waals surface area contributed by atoms with Crippen LogP contribution >= 0.6 is 0 Å². The van der Waals surface area contributed by atoms with Gasteiger partial charge in [0.15, 0.2) is 0 Å². The first-order valence-electron chi connectivity index (χ1n) is 7.78. The summed E-state index contributed by atoms with van der Waals surface area (Å²) in [6.45, 7) is 0. The highest BCUT2D eigenvalue weighted by atomic mass is 19.4. The fourth-order valence-corrected chi connectivity index (χ4v) is 2.11. The number of hydrazone groups is 1. The van der Waals surface area contributed by atoms with Crippen LogP contribution in [0.4, 0.5) is 18.9 Å². The molecular weight excluding hydrogens is 379 g/mol. The molecule has 2 aromatic carbocycles. The number of hydrogen-bond donors (Lipinski definition) is 2. The molecule has 2 N–H and O–H groups in total. The lowest BCUT2D eigenvalue weighted by Gasteiger charge is -2.09. The van der Waals surface area contributed by atoms with Crippen molar-refractivity contribution >= 4 is 23.7 Å². The van der Waals surface area contributed by atoms with E-state index in [-0.39, 0.29) is 5.69 Å². The fraction of sp³-hybridized carbons (Fsp3) is 0.167. The maximum atomic E-state index is 12.7. The summed E-state index contributed by atoms with van der Waals surface area (Å²) < 4.78 is 48.2. The second-order valence-electron chi connectivity index (χ2n) is 5.34. The summed E-state index contributed by atoms with van der Waals surface area (Å²) in [5.74, 6) is -1.35. The lowest BCUT2D eigenvalue weighted by molar-refractivity contribution is -0.137. The SMILES string of the molecule is COc1ccc(OC)c(/C=N\NC(=O)C(=O)Nc2cccc(C(F)(F)F)c2)c1. The summed E-state index contributed by atoms with van der Waals surface area (Å²) in [5.41, 5.74) is 1.33. The molecule has 2 aromatic rings. The molecule has 0 fully saturated rings. The number of nitrogens with one attached hydrogen (secondary N) is 2. The second-order valence-corrected chi connectivity index (χ2v) is 5.34. The summed E-state index contributed by atoms with van der Waals surface area (Å²) in [7, 11) is 2.92. The molecule has 0 aromatic heterocycles. The Bertz CT molecular complexity index is 898. The second kappa shape index (κ2) is 8.89. The molecule has 0 aliphatic heterocycles. The van der Waals surface area contributed by atoms with Crippen LogP contribution < -0.4 is 20.2 Å². The number of carbonyl (C=O) groups is 2. The van der Waals surface area contributed by atoms with Crippen LogP contribution in [-0.4, -0.2) is 32.2 Å². The molecule has 0 radical (unpaired) electrons. The third-order valence-corrected chi connectivity index (χ3v) is 3.46. The van der Waals surface area contributed by atoms with Crippen LogP contribution in [0.25, 0.3) is 0 Å². The molecule has 0 bridgehead atoms. The van der Waals surface area contributed by atoms with Gasteiger partial charge < -0.3 is 14.8 Å². The molecule has 7 nitrogen and oxygen atoms in total. The van der Waals surface area contributed by atoms with E-state index in [1.807, 2.05) is 5.43 Å². The predicted octanol–water partition coefficient (Wildman–Crippen LogP) is 2.81. The Labute approximate surface area is 158 Å². The Kier molecular flexibility index (Phi) is 6.59. The van der Waals surface area contributed by atoms with Crippen LogP contribution in [0, 0.1) is 0 Å². The van der Waals surface area contributed by atoms with E-state index in [0.29, 0.717) is 17.1 Å². The molecule has 0 unspecified atom stereocenters. The van der Waals surface area contributed by atoms with Crippen molar-refractivity contribution in [1.29, 1.82) is 0 Å². The van der Waals surface area contributed by atoms with E-state index in [0.717, 1.165) is 18.2 Å². The minimum atomic E-state index is -4.57. The number of hydrogen-bond acceptors (Lipinski definition) is 5. The van der Waals surface area contributed by atoms with Crippen molar-refractivity contribution in [1.82, 2.24) is 5.43 Å². The number of carbonyl (C=O) groups excluding carboxylic acids is 2. The minimum absolute atomic E-state index is 0.173. The van der Waals surface area contributed by atoms with Gasteiger partial charge in [-0.25, -0.2) is 5.43 Å². The quantitative estimate of drug-likeness (QED) is 0.463. The molecule has 2 rings (SSSR count). The first kappa shape index (κ1) is 20.7. The summed E-state index contributed by atoms with van der Waals surface area (Å²) >= 11 is 0. The number of nitrogens with zero attached hydrogens (tertiary/aromatic N) is 1. The van der Waals surface area contributed by atoms with E-state index in [4.69, 9.17) is 9.47 Å². The summed E-state index contributed by atoms with van der Waals surface area (Å²) in [5, 5.41) is 5.72. The van der Waals surface area contributed by atoms with Crippen molar-refractivity contribution in [2.75, 3.05) is 19.5 Å². The Balaban J connectivity index is 2.02. The Morgan fingerprint density at radius 3 is 2.43 bits per heavy atom. The van der Waals surface area contributed by atoms with Crippen molar-refractivity contribution in [3.63, 3.8) is 0 Å². The first-order valence-corrected chi connectivity index (χ1v) is 7.78. The van der Waals surface area contributed by atoms with Crippen molar-refractivity contribution in [2.45, 2.75) is 6.18 Å². The average molecular weight is 395 g/mol. The fourth-order valence-electron chi connectivity index (χ4n) is 2.11. The number of anilines is 1. The highest BCUT2D eigenvalue weighted by Crippen LogP contribution is 2.30. The summed E-state index contributed by atoms with van der Waals surface area (Å²) in [6.07, 6.45) is -3.33. The van der Waals surface area contributed by atoms with Crippen molar-refractivity contribution in [3.8, 4) is 11.5 Å². The van der Waals surface area contributed by atoms with E-state index in [1.54, 1.807) is 18.2 Å². The zero-order valence-corrected chi connectivity index (χ0v) is 14.8. The Morgan fingerprint density at radius 2 is 1.79 bits per heavy atom. The maximum absolute atomic E-state index is 12.7. The molecule has 28 heavy (non-hydrogen) atoms. The van der Waals surface area contributed by atoms with Gasteiger partial charge in [-0.15, -0.1) is 0 Å². The van der Waals surface area contributed by atoms with Crippen molar-refractivity contribution in [2.24, 2.45) is 5.10 Å². The molecule has 10 heteroatoms. The zero-order chi connectivity index (χ0) is 20.7. The maximum Gasteiger partial charge on any atom is 0.416 e. The van der Waals surface area contributed by atoms with Crippen molar-refractivity contribution < 1.29 is 32.2 Å². The van der Waals surface area contributed by atoms with E-state index >= 15 is 0 Å². The highest BCUT2D eigenvalue weighted by molar-refractivity contribution is 6.39. The smallest absolute Gasteiger partial charge is 0.416 e. The number of alkyl halides is 3. The van der Waals surface area contributed by atoms with Crippen molar-refractivity contribution in [3.05, 3.63) is 53.6 Å². The van der Waals surface area contributed by atoms with E-state index in [9.17, 15) is 22.8 Å². The number of amides is 2. The topological polar surface area (TPSA) is 89.0 Å². The van der Waals surface area contributed by atoms with Crippen LogP contribution in [-0.2, 0) is 15.8 Å². The van der Waals surface area contributed by atoms with Crippen LogP contribution in [0.15, 0.2) is 47.6 Å². The van der Waals surface area contributed by atoms with Gasteiger partial charge >= 0.3 is 18.0 Å². The lowest BCUT2D eigenvalue weighted by Crippen LogP contribution is -2.32. The normalized spacial score (nSPS) is 11.2. The number of rotatable bonds is 5. The molecular formula is C18H16F3N3O4. The third kappa shape index (κ3) is 5.47. The van der Waals surface area contributed by atoms with Crippen LogP contribution in [0.2, 0.25) is 0 Å². The summed E-state index contributed by atoms with van der Waals surface area (Å²) in [6, 6.07) is 8.79. The van der Waals surface area contributed by atoms with Gasteiger partial charge in [0.2, 0.25) is 0 Å². The van der Waals surface area contributed by atoms with Gasteiger partial charge in [0.1, 0.15) is 11.5 Å². The standard InChI is InChI=1S/C18H16F3N3O4/c1-27-14-6-7-15(28-2)11(8-14)10-22-24-17(26)16(25)23-13-5-3-4-12(9-13)18(19,20)21/h3-10H,1-2H3,(H,23,25)(H,24,26)/b22-10-. The lowest BCUT2D eigenvalue weighted by atomic mass is 10.2. The molecule has 2 amide bonds. The number of methoxy groups -OCH3 is 2. The molecule has 0 spiro atoms. The van der Waals surface area contributed by atoms with Crippen LogP contribution in [0.5, 0.6) is 11.5 Å². The number of ether oxygens (including phenoxy) is 2. The molecule has 148 valence electrons. The summed E-state index contributed by atoms with van der Waals surface area (Å²) in [4.78, 5) is 23.6. The molecule has 0 aliphatic carbocycles. The Hall–Kier alpha value is -3.56. The zero-order valence-electron chi connectivity index (χ0n) is 14.8.